The van der Waals surface area contributed by atoms with E-state index in [-0.39, 0.29) is 0 Å². The molecule has 3 heteroatoms. The summed E-state index contributed by atoms with van der Waals surface area (Å²) in [5.74, 6) is 1.79. The smallest absolute Gasteiger partial charge is 0.135 e. The molecule has 0 saturated carbocycles. The number of aryl methyl sites for hydroxylation is 1. The molecule has 1 heterocycles. The largest absolute Gasteiger partial charge is 0.457 e. The first-order valence-electron chi connectivity index (χ1n) is 7.12. The predicted molar refractivity (Wildman–Crippen MR) is 82.1 cm³/mol. The first-order chi connectivity index (χ1) is 9.70. The molecule has 0 unspecified atom stereocenters. The fourth-order valence-electron chi connectivity index (χ4n) is 1.97. The van der Waals surface area contributed by atoms with Crippen LogP contribution in [0.25, 0.3) is 0 Å². The quantitative estimate of drug-likeness (QED) is 0.863. The minimum Gasteiger partial charge on any atom is -0.457 e. The molecule has 2 rings (SSSR count). The molecule has 0 aliphatic heterocycles. The van der Waals surface area contributed by atoms with E-state index in [1.165, 1.54) is 5.56 Å². The third-order valence-electron chi connectivity index (χ3n) is 3.13. The first-order valence-corrected chi connectivity index (χ1v) is 7.12. The second-order valence-electron chi connectivity index (χ2n) is 5.08. The van der Waals surface area contributed by atoms with Crippen LogP contribution in [0.4, 0.5) is 0 Å². The Kier molecular flexibility index (Phi) is 5.13. The maximum absolute atomic E-state index is 6.08. The lowest BCUT2D eigenvalue weighted by Gasteiger charge is -2.14. The van der Waals surface area contributed by atoms with Gasteiger partial charge in [0.1, 0.15) is 11.5 Å². The number of nitrogens with zero attached hydrogens (tertiary/aromatic N) is 1. The summed E-state index contributed by atoms with van der Waals surface area (Å²) in [6.07, 6.45) is 4.59. The zero-order valence-corrected chi connectivity index (χ0v) is 12.4. The molecule has 1 aromatic carbocycles. The molecule has 0 bridgehead atoms. The van der Waals surface area contributed by atoms with Crippen LogP contribution in [0.5, 0.6) is 11.5 Å². The van der Waals surface area contributed by atoms with Crippen molar-refractivity contribution in [2.24, 2.45) is 0 Å². The molecule has 0 saturated heterocycles. The van der Waals surface area contributed by atoms with Crippen molar-refractivity contribution in [1.82, 2.24) is 10.3 Å². The Bertz CT molecular complexity index is 552. The van der Waals surface area contributed by atoms with Gasteiger partial charge in [-0.1, -0.05) is 39.0 Å². The van der Waals surface area contributed by atoms with Crippen molar-refractivity contribution < 1.29 is 4.74 Å². The lowest BCUT2D eigenvalue weighted by atomic mass is 10.1. The maximum atomic E-state index is 6.08. The second kappa shape index (κ2) is 7.06. The van der Waals surface area contributed by atoms with Crippen molar-refractivity contribution in [2.75, 3.05) is 0 Å². The number of aromatic nitrogens is 1. The zero-order valence-electron chi connectivity index (χ0n) is 12.4. The average Bonchev–Trinajstić information content (AvgIpc) is 2.47. The third-order valence-corrected chi connectivity index (χ3v) is 3.13. The van der Waals surface area contributed by atoms with Crippen LogP contribution in [-0.4, -0.2) is 11.0 Å². The number of ether oxygens (including phenoxy) is 1. The minimum atomic E-state index is 0.436. The summed E-state index contributed by atoms with van der Waals surface area (Å²) < 4.78 is 6.08. The van der Waals surface area contributed by atoms with Crippen molar-refractivity contribution in [3.63, 3.8) is 0 Å². The van der Waals surface area contributed by atoms with Crippen molar-refractivity contribution in [3.05, 3.63) is 53.9 Å². The minimum absolute atomic E-state index is 0.436. The van der Waals surface area contributed by atoms with Crippen LogP contribution in [0.2, 0.25) is 0 Å². The van der Waals surface area contributed by atoms with Crippen molar-refractivity contribution >= 4 is 0 Å². The molecule has 1 aromatic heterocycles. The molecule has 0 radical (unpaired) electrons. The number of rotatable bonds is 6. The van der Waals surface area contributed by atoms with Crippen LogP contribution in [0.15, 0.2) is 42.7 Å². The van der Waals surface area contributed by atoms with Gasteiger partial charge in [0.15, 0.2) is 0 Å². The molecular formula is C17H22N2O. The van der Waals surface area contributed by atoms with Crippen LogP contribution >= 0.6 is 0 Å². The molecule has 0 aliphatic rings. The summed E-state index contributed by atoms with van der Waals surface area (Å²) in [5, 5.41) is 3.40. The first kappa shape index (κ1) is 14.5. The van der Waals surface area contributed by atoms with E-state index < -0.39 is 0 Å². The third kappa shape index (κ3) is 3.81. The Hall–Kier alpha value is -1.87. The van der Waals surface area contributed by atoms with E-state index in [1.54, 1.807) is 6.20 Å². The molecular weight excluding hydrogens is 248 g/mol. The Morgan fingerprint density at radius 1 is 1.10 bits per heavy atom. The van der Waals surface area contributed by atoms with Gasteiger partial charge in [-0.3, -0.25) is 4.98 Å². The van der Waals surface area contributed by atoms with Gasteiger partial charge in [0.05, 0.1) is 0 Å². The molecule has 106 valence electrons. The summed E-state index contributed by atoms with van der Waals surface area (Å²) in [6, 6.07) is 10.5. The van der Waals surface area contributed by atoms with Crippen molar-refractivity contribution in [3.8, 4) is 11.5 Å². The number of pyridine rings is 1. The van der Waals surface area contributed by atoms with E-state index >= 15 is 0 Å². The molecule has 1 N–H and O–H groups in total. The number of hydrogen-bond acceptors (Lipinski definition) is 3. The highest BCUT2D eigenvalue weighted by molar-refractivity contribution is 5.40. The van der Waals surface area contributed by atoms with Gasteiger partial charge in [-0.2, -0.15) is 0 Å². The summed E-state index contributed by atoms with van der Waals surface area (Å²) >= 11 is 0. The summed E-state index contributed by atoms with van der Waals surface area (Å²) in [5.41, 5.74) is 2.29. The van der Waals surface area contributed by atoms with Crippen LogP contribution in [0, 0.1) is 0 Å². The molecule has 2 aromatic rings. The SMILES string of the molecule is CCc1ccccc1Oc1ccncc1CNC(C)C. The van der Waals surface area contributed by atoms with Gasteiger partial charge in [0.2, 0.25) is 0 Å². The predicted octanol–water partition coefficient (Wildman–Crippen LogP) is 3.93. The monoisotopic (exact) mass is 270 g/mol. The normalized spacial score (nSPS) is 10.8. The lowest BCUT2D eigenvalue weighted by molar-refractivity contribution is 0.463. The van der Waals surface area contributed by atoms with Gasteiger partial charge < -0.3 is 10.1 Å². The number of para-hydroxylation sites is 1. The fraction of sp³-hybridized carbons (Fsp3) is 0.353. The van der Waals surface area contributed by atoms with Gasteiger partial charge in [-0.25, -0.2) is 0 Å². The molecule has 3 nitrogen and oxygen atoms in total. The van der Waals surface area contributed by atoms with Gasteiger partial charge in [-0.05, 0) is 24.1 Å². The molecule has 20 heavy (non-hydrogen) atoms. The van der Waals surface area contributed by atoms with Crippen LogP contribution in [-0.2, 0) is 13.0 Å². The van der Waals surface area contributed by atoms with E-state index in [0.717, 1.165) is 30.0 Å². The highest BCUT2D eigenvalue weighted by Crippen LogP contribution is 2.27. The fourth-order valence-corrected chi connectivity index (χ4v) is 1.97. The maximum Gasteiger partial charge on any atom is 0.135 e. The molecule has 0 atom stereocenters. The van der Waals surface area contributed by atoms with Crippen LogP contribution in [0.3, 0.4) is 0 Å². The highest BCUT2D eigenvalue weighted by Gasteiger charge is 2.08. The Labute approximate surface area is 121 Å². The Balaban J connectivity index is 2.20. The summed E-state index contributed by atoms with van der Waals surface area (Å²) in [4.78, 5) is 4.19. The van der Waals surface area contributed by atoms with Crippen LogP contribution in [0.1, 0.15) is 31.9 Å². The molecule has 0 spiro atoms. The standard InChI is InChI=1S/C17H22N2O/c1-4-14-7-5-6-8-16(14)20-17-9-10-18-11-15(17)12-19-13(2)3/h5-11,13,19H,4,12H2,1-3H3. The van der Waals surface area contributed by atoms with Crippen LogP contribution < -0.4 is 10.1 Å². The zero-order chi connectivity index (χ0) is 14.4. The second-order valence-corrected chi connectivity index (χ2v) is 5.08. The van der Waals surface area contributed by atoms with E-state index in [0.29, 0.717) is 6.04 Å². The van der Waals surface area contributed by atoms with Gasteiger partial charge in [-0.15, -0.1) is 0 Å². The molecule has 0 amide bonds. The Morgan fingerprint density at radius 3 is 2.60 bits per heavy atom. The van der Waals surface area contributed by atoms with Gasteiger partial charge >= 0.3 is 0 Å². The summed E-state index contributed by atoms with van der Waals surface area (Å²) in [6.45, 7) is 7.15. The van der Waals surface area contributed by atoms with Gasteiger partial charge in [0.25, 0.3) is 0 Å². The van der Waals surface area contributed by atoms with E-state index in [1.807, 2.05) is 30.5 Å². The van der Waals surface area contributed by atoms with E-state index in [9.17, 15) is 0 Å². The topological polar surface area (TPSA) is 34.1 Å². The Morgan fingerprint density at radius 2 is 1.85 bits per heavy atom. The van der Waals surface area contributed by atoms with Gasteiger partial charge in [0, 0.05) is 30.5 Å². The van der Waals surface area contributed by atoms with Crippen molar-refractivity contribution in [1.29, 1.82) is 0 Å². The highest BCUT2D eigenvalue weighted by atomic mass is 16.5. The number of hydrogen-bond donors (Lipinski definition) is 1. The molecule has 0 fully saturated rings. The summed E-state index contributed by atoms with van der Waals surface area (Å²) in [7, 11) is 0. The number of nitrogens with one attached hydrogen (secondary N) is 1. The molecule has 0 aliphatic carbocycles. The lowest BCUT2D eigenvalue weighted by Crippen LogP contribution is -2.22. The average molecular weight is 270 g/mol. The van der Waals surface area contributed by atoms with Crippen molar-refractivity contribution in [2.45, 2.75) is 39.8 Å². The van der Waals surface area contributed by atoms with E-state index in [4.69, 9.17) is 4.74 Å². The number of benzene rings is 1. The van der Waals surface area contributed by atoms with E-state index in [2.05, 4.69) is 37.1 Å².